The first-order valence-corrected chi connectivity index (χ1v) is 8.55. The molecule has 0 aromatic carbocycles. The summed E-state index contributed by atoms with van der Waals surface area (Å²) in [7, 11) is 0. The smallest absolute Gasteiger partial charge is 0.338 e. The highest BCUT2D eigenvalue weighted by Gasteiger charge is 2.52. The van der Waals surface area contributed by atoms with Gasteiger partial charge in [-0.15, -0.1) is 0 Å². The van der Waals surface area contributed by atoms with Gasteiger partial charge in [-0.25, -0.2) is 9.59 Å². The van der Waals surface area contributed by atoms with E-state index in [9.17, 15) is 9.59 Å². The number of cyclic esters (lactones) is 1. The van der Waals surface area contributed by atoms with Gasteiger partial charge in [-0.05, 0) is 43.6 Å². The van der Waals surface area contributed by atoms with Crippen molar-refractivity contribution in [3.8, 4) is 0 Å². The van der Waals surface area contributed by atoms with Crippen LogP contribution in [0.5, 0.6) is 0 Å². The Labute approximate surface area is 141 Å². The molecule has 0 N–H and O–H groups in total. The molecule has 3 unspecified atom stereocenters. The van der Waals surface area contributed by atoms with E-state index in [0.29, 0.717) is 11.1 Å². The summed E-state index contributed by atoms with van der Waals surface area (Å²) in [6.07, 6.45) is 6.42. The summed E-state index contributed by atoms with van der Waals surface area (Å²) in [5, 5.41) is 0. The minimum atomic E-state index is -0.753. The van der Waals surface area contributed by atoms with E-state index in [1.807, 2.05) is 0 Å². The van der Waals surface area contributed by atoms with Crippen molar-refractivity contribution >= 4 is 11.9 Å². The van der Waals surface area contributed by atoms with Crippen LogP contribution in [0.2, 0.25) is 0 Å². The Morgan fingerprint density at radius 2 is 2.04 bits per heavy atom. The first-order chi connectivity index (χ1) is 11.4. The second-order valence-electron chi connectivity index (χ2n) is 7.72. The normalized spacial score (nSPS) is 35.5. The van der Waals surface area contributed by atoms with Gasteiger partial charge in [0.15, 0.2) is 0 Å². The second-order valence-corrected chi connectivity index (χ2v) is 7.72. The standard InChI is InChI=1S/C19H22O5/c1-10-7-14(23-17(10)20)22-9-13-12-8-11-5-4-6-19(2,3)15(11)16(12)24-18(13)21/h7,9,12,14,16H,4-6,8H2,1-3H3. The van der Waals surface area contributed by atoms with Gasteiger partial charge in [0.05, 0.1) is 11.8 Å². The third kappa shape index (κ3) is 2.29. The molecule has 3 atom stereocenters. The Balaban J connectivity index is 1.55. The predicted molar refractivity (Wildman–Crippen MR) is 85.5 cm³/mol. The number of ether oxygens (including phenoxy) is 3. The quantitative estimate of drug-likeness (QED) is 0.337. The average Bonchev–Trinajstić information content (AvgIpc) is 3.10. The monoisotopic (exact) mass is 330 g/mol. The molecule has 0 bridgehead atoms. The van der Waals surface area contributed by atoms with Gasteiger partial charge in [0, 0.05) is 17.6 Å². The Hall–Kier alpha value is -2.04. The molecule has 0 radical (unpaired) electrons. The second kappa shape index (κ2) is 5.23. The van der Waals surface area contributed by atoms with Gasteiger partial charge >= 0.3 is 11.9 Å². The van der Waals surface area contributed by atoms with Crippen LogP contribution in [-0.2, 0) is 23.8 Å². The molecule has 128 valence electrons. The van der Waals surface area contributed by atoms with Crippen LogP contribution >= 0.6 is 0 Å². The molecule has 0 aromatic rings. The maximum Gasteiger partial charge on any atom is 0.338 e. The van der Waals surface area contributed by atoms with E-state index in [-0.39, 0.29) is 29.4 Å². The van der Waals surface area contributed by atoms with Crippen LogP contribution in [-0.4, -0.2) is 24.3 Å². The number of fused-ring (bicyclic) bond motifs is 2. The van der Waals surface area contributed by atoms with Gasteiger partial charge in [0.1, 0.15) is 6.10 Å². The maximum absolute atomic E-state index is 12.3. The van der Waals surface area contributed by atoms with E-state index in [4.69, 9.17) is 14.2 Å². The lowest BCUT2D eigenvalue weighted by molar-refractivity contribution is -0.152. The van der Waals surface area contributed by atoms with Gasteiger partial charge < -0.3 is 14.2 Å². The summed E-state index contributed by atoms with van der Waals surface area (Å²) in [4.78, 5) is 23.7. The molecule has 2 heterocycles. The Kier molecular flexibility index (Phi) is 3.37. The number of hydrogen-bond donors (Lipinski definition) is 0. The van der Waals surface area contributed by atoms with Crippen LogP contribution in [0.15, 0.2) is 34.6 Å². The summed E-state index contributed by atoms with van der Waals surface area (Å²) < 4.78 is 16.2. The lowest BCUT2D eigenvalue weighted by Gasteiger charge is -2.34. The third-order valence-corrected chi connectivity index (χ3v) is 5.64. The van der Waals surface area contributed by atoms with Crippen LogP contribution in [0.1, 0.15) is 46.5 Å². The first-order valence-electron chi connectivity index (χ1n) is 8.55. The third-order valence-electron chi connectivity index (χ3n) is 5.64. The van der Waals surface area contributed by atoms with Gasteiger partial charge in [-0.3, -0.25) is 0 Å². The molecular weight excluding hydrogens is 308 g/mol. The molecule has 1 saturated heterocycles. The Bertz CT molecular complexity index is 709. The van der Waals surface area contributed by atoms with Crippen molar-refractivity contribution in [3.05, 3.63) is 34.6 Å². The van der Waals surface area contributed by atoms with Crippen molar-refractivity contribution in [3.63, 3.8) is 0 Å². The summed E-state index contributed by atoms with van der Waals surface area (Å²) in [5.41, 5.74) is 3.93. The van der Waals surface area contributed by atoms with Crippen molar-refractivity contribution in [1.29, 1.82) is 0 Å². The molecule has 5 nitrogen and oxygen atoms in total. The minimum absolute atomic E-state index is 0.0297. The highest BCUT2D eigenvalue weighted by molar-refractivity contribution is 5.92. The zero-order valence-corrected chi connectivity index (χ0v) is 14.3. The number of carbonyl (C=O) groups is 2. The fraction of sp³-hybridized carbons (Fsp3) is 0.579. The van der Waals surface area contributed by atoms with E-state index in [1.165, 1.54) is 23.8 Å². The molecule has 0 aromatic heterocycles. The number of hydrogen-bond acceptors (Lipinski definition) is 5. The fourth-order valence-electron chi connectivity index (χ4n) is 4.46. The summed E-state index contributed by atoms with van der Waals surface area (Å²) in [6.45, 7) is 6.15. The zero-order chi connectivity index (χ0) is 17.1. The van der Waals surface area contributed by atoms with Gasteiger partial charge in [-0.2, -0.15) is 0 Å². The predicted octanol–water partition coefficient (Wildman–Crippen LogP) is 3.17. The molecule has 2 aliphatic heterocycles. The van der Waals surface area contributed by atoms with E-state index in [1.54, 1.807) is 13.0 Å². The Morgan fingerprint density at radius 3 is 2.75 bits per heavy atom. The summed E-state index contributed by atoms with van der Waals surface area (Å²) in [5.74, 6) is -0.671. The van der Waals surface area contributed by atoms with Gasteiger partial charge in [0.25, 0.3) is 6.29 Å². The highest BCUT2D eigenvalue weighted by atomic mass is 16.7. The topological polar surface area (TPSA) is 61.8 Å². The molecule has 24 heavy (non-hydrogen) atoms. The zero-order valence-electron chi connectivity index (χ0n) is 14.3. The van der Waals surface area contributed by atoms with E-state index >= 15 is 0 Å². The van der Waals surface area contributed by atoms with Crippen molar-refractivity contribution in [2.75, 3.05) is 0 Å². The molecule has 4 rings (SSSR count). The number of allylic oxidation sites excluding steroid dienone is 1. The largest absolute Gasteiger partial charge is 0.458 e. The molecule has 5 heteroatoms. The lowest BCUT2D eigenvalue weighted by atomic mass is 9.72. The molecule has 4 aliphatic rings. The minimum Gasteiger partial charge on any atom is -0.458 e. The number of rotatable bonds is 2. The van der Waals surface area contributed by atoms with Crippen LogP contribution in [0.3, 0.4) is 0 Å². The molecule has 1 fully saturated rings. The van der Waals surface area contributed by atoms with Crippen molar-refractivity contribution in [1.82, 2.24) is 0 Å². The van der Waals surface area contributed by atoms with E-state index in [2.05, 4.69) is 13.8 Å². The molecule has 0 saturated carbocycles. The van der Waals surface area contributed by atoms with Gasteiger partial charge in [0.2, 0.25) is 0 Å². The summed E-state index contributed by atoms with van der Waals surface area (Å²) >= 11 is 0. The SMILES string of the molecule is CC1=CC(OC=C2C(=O)OC3C4=C(CCCC4(C)C)CC23)OC1=O. The lowest BCUT2D eigenvalue weighted by Crippen LogP contribution is -2.27. The maximum atomic E-state index is 12.3. The fourth-order valence-corrected chi connectivity index (χ4v) is 4.46. The Morgan fingerprint density at radius 1 is 1.25 bits per heavy atom. The molecule has 0 amide bonds. The first kappa shape index (κ1) is 15.5. The van der Waals surface area contributed by atoms with E-state index in [0.717, 1.165) is 19.3 Å². The van der Waals surface area contributed by atoms with Crippen LogP contribution in [0, 0.1) is 11.3 Å². The van der Waals surface area contributed by atoms with Crippen LogP contribution in [0.4, 0.5) is 0 Å². The number of esters is 2. The van der Waals surface area contributed by atoms with Crippen molar-refractivity contribution in [2.45, 2.75) is 58.8 Å². The van der Waals surface area contributed by atoms with Crippen molar-refractivity contribution in [2.24, 2.45) is 11.3 Å². The van der Waals surface area contributed by atoms with E-state index < -0.39 is 6.29 Å². The highest BCUT2D eigenvalue weighted by Crippen LogP contribution is 2.54. The van der Waals surface area contributed by atoms with Crippen LogP contribution < -0.4 is 0 Å². The van der Waals surface area contributed by atoms with Crippen LogP contribution in [0.25, 0.3) is 0 Å². The molecule has 2 aliphatic carbocycles. The summed E-state index contributed by atoms with van der Waals surface area (Å²) in [6, 6.07) is 0. The van der Waals surface area contributed by atoms with Crippen molar-refractivity contribution < 1.29 is 23.8 Å². The average molecular weight is 330 g/mol. The number of carbonyl (C=O) groups excluding carboxylic acids is 2. The van der Waals surface area contributed by atoms with Gasteiger partial charge in [-0.1, -0.05) is 19.4 Å². The molecule has 0 spiro atoms. The molecular formula is C19H22O5.